The van der Waals surface area contributed by atoms with Crippen molar-refractivity contribution >= 4 is 5.91 Å². The zero-order valence-corrected chi connectivity index (χ0v) is 9.08. The Hall–Kier alpha value is -1.38. The van der Waals surface area contributed by atoms with E-state index >= 15 is 0 Å². The molecular weight excluding hydrogens is 176 g/mol. The van der Waals surface area contributed by atoms with Crippen molar-refractivity contribution in [3.05, 3.63) is 30.1 Å². The summed E-state index contributed by atoms with van der Waals surface area (Å²) in [6.07, 6.45) is 2.55. The largest absolute Gasteiger partial charge is 0.356 e. The van der Waals surface area contributed by atoms with E-state index in [1.54, 1.807) is 6.20 Å². The maximum absolute atomic E-state index is 10.5. The molecule has 0 saturated carbocycles. The molecule has 1 N–H and O–H groups in total. The lowest BCUT2D eigenvalue weighted by molar-refractivity contribution is -0.118. The molecule has 0 saturated heterocycles. The van der Waals surface area contributed by atoms with E-state index in [9.17, 15) is 4.79 Å². The summed E-state index contributed by atoms with van der Waals surface area (Å²) in [5, 5.41) is 2.72. The number of hydrogen-bond donors (Lipinski definition) is 1. The van der Waals surface area contributed by atoms with Gasteiger partial charge >= 0.3 is 0 Å². The first-order valence-electron chi connectivity index (χ1n) is 4.93. The van der Waals surface area contributed by atoms with Crippen molar-refractivity contribution in [2.24, 2.45) is 0 Å². The predicted molar refractivity (Wildman–Crippen MR) is 58.0 cm³/mol. The molecule has 0 aliphatic heterocycles. The second-order valence-electron chi connectivity index (χ2n) is 2.55. The van der Waals surface area contributed by atoms with E-state index in [2.05, 4.69) is 10.3 Å². The van der Waals surface area contributed by atoms with Crippen LogP contribution in [0.3, 0.4) is 0 Å². The van der Waals surface area contributed by atoms with Crippen molar-refractivity contribution in [3.8, 4) is 0 Å². The second-order valence-corrected chi connectivity index (χ2v) is 2.55. The number of hydrogen-bond acceptors (Lipinski definition) is 2. The number of rotatable bonds is 3. The smallest absolute Gasteiger partial charge is 0.216 e. The molecule has 0 bridgehead atoms. The second kappa shape index (κ2) is 8.23. The number of pyridine rings is 1. The van der Waals surface area contributed by atoms with Crippen LogP contribution in [0.1, 0.15) is 26.5 Å². The van der Waals surface area contributed by atoms with Crippen LogP contribution in [0.2, 0.25) is 0 Å². The van der Waals surface area contributed by atoms with E-state index in [0.717, 1.165) is 12.1 Å². The van der Waals surface area contributed by atoms with Gasteiger partial charge in [0.25, 0.3) is 0 Å². The molecule has 0 aliphatic carbocycles. The molecule has 0 radical (unpaired) electrons. The fraction of sp³-hybridized carbons (Fsp3) is 0.455. The Morgan fingerprint density at radius 2 is 2.14 bits per heavy atom. The van der Waals surface area contributed by atoms with Crippen molar-refractivity contribution in [1.29, 1.82) is 0 Å². The number of nitrogens with zero attached hydrogens (tertiary/aromatic N) is 1. The third-order valence-electron chi connectivity index (χ3n) is 1.48. The predicted octanol–water partition coefficient (Wildman–Crippen LogP) is 1.79. The Morgan fingerprint density at radius 3 is 2.64 bits per heavy atom. The highest BCUT2D eigenvalue weighted by Gasteiger charge is 1.93. The van der Waals surface area contributed by atoms with E-state index in [0.29, 0.717) is 6.54 Å². The highest BCUT2D eigenvalue weighted by atomic mass is 16.1. The summed E-state index contributed by atoms with van der Waals surface area (Å²) in [6, 6.07) is 5.76. The molecule has 1 aromatic heterocycles. The molecule has 14 heavy (non-hydrogen) atoms. The Balaban J connectivity index is 0.000000791. The van der Waals surface area contributed by atoms with E-state index in [-0.39, 0.29) is 5.91 Å². The minimum absolute atomic E-state index is 0.00549. The van der Waals surface area contributed by atoms with E-state index in [1.807, 2.05) is 32.0 Å². The van der Waals surface area contributed by atoms with Gasteiger partial charge in [-0.1, -0.05) is 19.9 Å². The fourth-order valence-corrected chi connectivity index (χ4v) is 0.913. The first kappa shape index (κ1) is 12.6. The average molecular weight is 194 g/mol. The van der Waals surface area contributed by atoms with Crippen LogP contribution in [0, 0.1) is 0 Å². The summed E-state index contributed by atoms with van der Waals surface area (Å²) >= 11 is 0. The SMILES string of the molecule is CC.CC(=O)NCCc1ccccn1. The van der Waals surface area contributed by atoms with Gasteiger partial charge in [-0.2, -0.15) is 0 Å². The van der Waals surface area contributed by atoms with E-state index < -0.39 is 0 Å². The maximum atomic E-state index is 10.5. The van der Waals surface area contributed by atoms with Gasteiger partial charge in [0.05, 0.1) is 0 Å². The summed E-state index contributed by atoms with van der Waals surface area (Å²) in [5.74, 6) is 0.00549. The molecule has 3 nitrogen and oxygen atoms in total. The zero-order valence-electron chi connectivity index (χ0n) is 9.08. The number of carbonyl (C=O) groups is 1. The minimum Gasteiger partial charge on any atom is -0.356 e. The molecule has 1 rings (SSSR count). The van der Waals surface area contributed by atoms with Gasteiger partial charge in [0.1, 0.15) is 0 Å². The number of carbonyl (C=O) groups excluding carboxylic acids is 1. The lowest BCUT2D eigenvalue weighted by Crippen LogP contribution is -2.22. The Bertz CT molecular complexity index is 247. The van der Waals surface area contributed by atoms with Gasteiger partial charge in [-0.3, -0.25) is 9.78 Å². The molecule has 0 spiro atoms. The summed E-state index contributed by atoms with van der Waals surface area (Å²) in [5.41, 5.74) is 1.01. The van der Waals surface area contributed by atoms with Crippen molar-refractivity contribution in [2.75, 3.05) is 6.54 Å². The zero-order chi connectivity index (χ0) is 10.8. The lowest BCUT2D eigenvalue weighted by atomic mass is 10.3. The van der Waals surface area contributed by atoms with Gasteiger partial charge in [-0.25, -0.2) is 0 Å². The van der Waals surface area contributed by atoms with E-state index in [1.165, 1.54) is 6.92 Å². The normalized spacial score (nSPS) is 8.50. The molecule has 0 atom stereocenters. The molecule has 3 heteroatoms. The lowest BCUT2D eigenvalue weighted by Gasteiger charge is -2.00. The minimum atomic E-state index is 0.00549. The van der Waals surface area contributed by atoms with Crippen LogP contribution < -0.4 is 5.32 Å². The van der Waals surface area contributed by atoms with Gasteiger partial charge in [-0.15, -0.1) is 0 Å². The molecular formula is C11H18N2O. The number of aromatic nitrogens is 1. The molecule has 0 aromatic carbocycles. The highest BCUT2D eigenvalue weighted by molar-refractivity contribution is 5.72. The Labute approximate surface area is 85.6 Å². The Kier molecular flexibility index (Phi) is 7.42. The van der Waals surface area contributed by atoms with Crippen LogP contribution in [-0.4, -0.2) is 17.4 Å². The van der Waals surface area contributed by atoms with Crippen LogP contribution in [0.25, 0.3) is 0 Å². The fourth-order valence-electron chi connectivity index (χ4n) is 0.913. The van der Waals surface area contributed by atoms with Gasteiger partial charge in [-0.05, 0) is 12.1 Å². The summed E-state index contributed by atoms with van der Waals surface area (Å²) in [7, 11) is 0. The third kappa shape index (κ3) is 6.17. The van der Waals surface area contributed by atoms with Crippen LogP contribution in [0.4, 0.5) is 0 Å². The molecule has 0 unspecified atom stereocenters. The van der Waals surface area contributed by atoms with Crippen LogP contribution in [-0.2, 0) is 11.2 Å². The van der Waals surface area contributed by atoms with Crippen LogP contribution in [0.5, 0.6) is 0 Å². The highest BCUT2D eigenvalue weighted by Crippen LogP contribution is 1.92. The standard InChI is InChI=1S/C9H12N2O.C2H6/c1-8(12)10-7-5-9-4-2-3-6-11-9;1-2/h2-4,6H,5,7H2,1H3,(H,10,12);1-2H3. The maximum Gasteiger partial charge on any atom is 0.216 e. The monoisotopic (exact) mass is 194 g/mol. The van der Waals surface area contributed by atoms with Crippen molar-refractivity contribution in [2.45, 2.75) is 27.2 Å². The molecule has 0 aliphatic rings. The topological polar surface area (TPSA) is 42.0 Å². The molecule has 1 amide bonds. The third-order valence-corrected chi connectivity index (χ3v) is 1.48. The summed E-state index contributed by atoms with van der Waals surface area (Å²) < 4.78 is 0. The molecule has 1 heterocycles. The number of amides is 1. The average Bonchev–Trinajstić information content (AvgIpc) is 2.22. The van der Waals surface area contributed by atoms with Crippen LogP contribution in [0.15, 0.2) is 24.4 Å². The molecule has 1 aromatic rings. The van der Waals surface area contributed by atoms with Gasteiger partial charge < -0.3 is 5.32 Å². The van der Waals surface area contributed by atoms with E-state index in [4.69, 9.17) is 0 Å². The van der Waals surface area contributed by atoms with Gasteiger partial charge in [0, 0.05) is 31.8 Å². The Morgan fingerprint density at radius 1 is 1.43 bits per heavy atom. The van der Waals surface area contributed by atoms with Crippen molar-refractivity contribution in [1.82, 2.24) is 10.3 Å². The summed E-state index contributed by atoms with van der Waals surface area (Å²) in [4.78, 5) is 14.6. The first-order chi connectivity index (χ1) is 6.79. The molecule has 0 fully saturated rings. The number of nitrogens with one attached hydrogen (secondary N) is 1. The van der Waals surface area contributed by atoms with Crippen molar-refractivity contribution < 1.29 is 4.79 Å². The summed E-state index contributed by atoms with van der Waals surface area (Å²) in [6.45, 7) is 6.17. The van der Waals surface area contributed by atoms with Crippen LogP contribution >= 0.6 is 0 Å². The quantitative estimate of drug-likeness (QED) is 0.797. The van der Waals surface area contributed by atoms with Crippen molar-refractivity contribution in [3.63, 3.8) is 0 Å². The molecule has 78 valence electrons. The first-order valence-corrected chi connectivity index (χ1v) is 4.93. The van der Waals surface area contributed by atoms with Gasteiger partial charge in [0.15, 0.2) is 0 Å². The van der Waals surface area contributed by atoms with Gasteiger partial charge in [0.2, 0.25) is 5.91 Å².